The van der Waals surface area contributed by atoms with Crippen LogP contribution in [0.15, 0.2) is 24.3 Å². The monoisotopic (exact) mass is 296 g/mol. The molecule has 0 aliphatic carbocycles. The van der Waals surface area contributed by atoms with Crippen molar-refractivity contribution in [2.45, 2.75) is 64.7 Å². The lowest BCUT2D eigenvalue weighted by Crippen LogP contribution is -2.16. The molecule has 0 amide bonds. The molecule has 0 aliphatic rings. The van der Waals surface area contributed by atoms with Crippen LogP contribution in [0.1, 0.15) is 64.7 Å². The highest BCUT2D eigenvalue weighted by Gasteiger charge is 2.18. The molecule has 4 heteroatoms. The molecule has 4 nitrogen and oxygen atoms in total. The first-order valence-corrected chi connectivity index (χ1v) is 7.82. The Bertz CT molecular complexity index is 345. The van der Waals surface area contributed by atoms with Gasteiger partial charge >= 0.3 is 11.9 Å². The van der Waals surface area contributed by atoms with Crippen molar-refractivity contribution in [3.8, 4) is 0 Å². The van der Waals surface area contributed by atoms with Crippen molar-refractivity contribution in [2.24, 2.45) is 5.92 Å². The van der Waals surface area contributed by atoms with Crippen LogP contribution >= 0.6 is 0 Å². The Morgan fingerprint density at radius 2 is 1.48 bits per heavy atom. The van der Waals surface area contributed by atoms with Crippen LogP contribution in [0.25, 0.3) is 0 Å². The summed E-state index contributed by atoms with van der Waals surface area (Å²) in [5.74, 6) is -2.93. The first-order chi connectivity index (χ1) is 10.1. The predicted octanol–water partition coefficient (Wildman–Crippen LogP) is 4.42. The highest BCUT2D eigenvalue weighted by atomic mass is 16.4. The second-order valence-electron chi connectivity index (χ2n) is 5.24. The Labute approximate surface area is 127 Å². The number of allylic oxidation sites excluding steroid dienone is 4. The summed E-state index contributed by atoms with van der Waals surface area (Å²) < 4.78 is 0. The summed E-state index contributed by atoms with van der Waals surface area (Å²) >= 11 is 0. The molecule has 1 atom stereocenters. The normalized spacial score (nSPS) is 13.0. The summed E-state index contributed by atoms with van der Waals surface area (Å²) in [7, 11) is 0. The number of hydrogen-bond acceptors (Lipinski definition) is 2. The Morgan fingerprint density at radius 3 is 2.00 bits per heavy atom. The predicted molar refractivity (Wildman–Crippen MR) is 84.3 cm³/mol. The number of hydrogen-bond donors (Lipinski definition) is 2. The molecule has 0 saturated carbocycles. The lowest BCUT2D eigenvalue weighted by atomic mass is 10.0. The summed E-state index contributed by atoms with van der Waals surface area (Å²) in [6, 6.07) is 0. The zero-order valence-electron chi connectivity index (χ0n) is 13.0. The quantitative estimate of drug-likeness (QED) is 0.390. The molecule has 21 heavy (non-hydrogen) atoms. The van der Waals surface area contributed by atoms with Gasteiger partial charge in [0.1, 0.15) is 0 Å². The van der Waals surface area contributed by atoms with E-state index < -0.39 is 17.9 Å². The fourth-order valence-electron chi connectivity index (χ4n) is 1.96. The molecule has 1 unspecified atom stereocenters. The second kappa shape index (κ2) is 13.4. The third-order valence-electron chi connectivity index (χ3n) is 3.24. The van der Waals surface area contributed by atoms with E-state index in [0.29, 0.717) is 0 Å². The SMILES string of the molecule is CCCCC/C=C/CCC/C=C/CC(CC(=O)O)C(=O)O. The van der Waals surface area contributed by atoms with E-state index >= 15 is 0 Å². The fourth-order valence-corrected chi connectivity index (χ4v) is 1.96. The van der Waals surface area contributed by atoms with E-state index in [1.54, 1.807) is 6.08 Å². The van der Waals surface area contributed by atoms with Gasteiger partial charge in [-0.1, -0.05) is 44.1 Å². The summed E-state index contributed by atoms with van der Waals surface area (Å²) in [6.07, 6.45) is 16.0. The number of aliphatic carboxylic acids is 2. The minimum atomic E-state index is -1.07. The molecule has 120 valence electrons. The standard InChI is InChI=1S/C17H28O4/c1-2-3-4-5-6-7-8-9-10-11-12-13-15(17(20)21)14-16(18)19/h6-7,11-12,15H,2-5,8-10,13-14H2,1H3,(H,18,19)(H,20,21)/b7-6+,12-11+. The highest BCUT2D eigenvalue weighted by molar-refractivity contribution is 5.77. The molecular weight excluding hydrogens is 268 g/mol. The van der Waals surface area contributed by atoms with Gasteiger partial charge in [0.2, 0.25) is 0 Å². The Hall–Kier alpha value is -1.58. The number of unbranched alkanes of at least 4 members (excludes halogenated alkanes) is 5. The van der Waals surface area contributed by atoms with Crippen LogP contribution in [0.4, 0.5) is 0 Å². The minimum Gasteiger partial charge on any atom is -0.481 e. The number of carboxylic acids is 2. The van der Waals surface area contributed by atoms with Crippen LogP contribution in [-0.2, 0) is 9.59 Å². The van der Waals surface area contributed by atoms with E-state index in [2.05, 4.69) is 19.1 Å². The van der Waals surface area contributed by atoms with Crippen LogP contribution in [0, 0.1) is 5.92 Å². The second-order valence-corrected chi connectivity index (χ2v) is 5.24. The third-order valence-corrected chi connectivity index (χ3v) is 3.24. The summed E-state index contributed by atoms with van der Waals surface area (Å²) in [4.78, 5) is 21.4. The molecule has 0 fully saturated rings. The molecule has 0 aliphatic heterocycles. The van der Waals surface area contributed by atoms with E-state index in [-0.39, 0.29) is 12.8 Å². The van der Waals surface area contributed by atoms with Crippen LogP contribution < -0.4 is 0 Å². The Kier molecular flexibility index (Phi) is 12.4. The fraction of sp³-hybridized carbons (Fsp3) is 0.647. The van der Waals surface area contributed by atoms with Crippen molar-refractivity contribution < 1.29 is 19.8 Å². The number of rotatable bonds is 13. The topological polar surface area (TPSA) is 74.6 Å². The van der Waals surface area contributed by atoms with Crippen molar-refractivity contribution in [3.63, 3.8) is 0 Å². The van der Waals surface area contributed by atoms with Gasteiger partial charge in [0.25, 0.3) is 0 Å². The first-order valence-electron chi connectivity index (χ1n) is 7.82. The minimum absolute atomic E-state index is 0.286. The van der Waals surface area contributed by atoms with Gasteiger partial charge in [-0.3, -0.25) is 9.59 Å². The Balaban J connectivity index is 3.66. The van der Waals surface area contributed by atoms with E-state index in [9.17, 15) is 9.59 Å². The maximum atomic E-state index is 10.8. The zero-order chi connectivity index (χ0) is 15.9. The van der Waals surface area contributed by atoms with E-state index in [0.717, 1.165) is 25.7 Å². The maximum Gasteiger partial charge on any atom is 0.307 e. The van der Waals surface area contributed by atoms with Crippen LogP contribution in [-0.4, -0.2) is 22.2 Å². The zero-order valence-corrected chi connectivity index (χ0v) is 13.0. The van der Waals surface area contributed by atoms with Crippen molar-refractivity contribution in [2.75, 3.05) is 0 Å². The molecule has 0 heterocycles. The van der Waals surface area contributed by atoms with Gasteiger partial charge in [-0.2, -0.15) is 0 Å². The molecule has 0 aromatic carbocycles. The van der Waals surface area contributed by atoms with Crippen LogP contribution in [0.5, 0.6) is 0 Å². The lowest BCUT2D eigenvalue weighted by Gasteiger charge is -2.05. The molecule has 0 rings (SSSR count). The summed E-state index contributed by atoms with van der Waals surface area (Å²) in [5, 5.41) is 17.5. The molecular formula is C17H28O4. The van der Waals surface area contributed by atoms with E-state index in [1.807, 2.05) is 6.08 Å². The maximum absolute atomic E-state index is 10.8. The molecule has 0 aromatic heterocycles. The molecule has 0 aromatic rings. The van der Waals surface area contributed by atoms with E-state index in [1.165, 1.54) is 19.3 Å². The molecule has 0 bridgehead atoms. The van der Waals surface area contributed by atoms with Gasteiger partial charge in [0.15, 0.2) is 0 Å². The highest BCUT2D eigenvalue weighted by Crippen LogP contribution is 2.11. The molecule has 0 spiro atoms. The largest absolute Gasteiger partial charge is 0.481 e. The summed E-state index contributed by atoms with van der Waals surface area (Å²) in [6.45, 7) is 2.20. The van der Waals surface area contributed by atoms with Crippen molar-refractivity contribution in [3.05, 3.63) is 24.3 Å². The van der Waals surface area contributed by atoms with Crippen molar-refractivity contribution in [1.29, 1.82) is 0 Å². The molecule has 2 N–H and O–H groups in total. The first kappa shape index (κ1) is 19.4. The van der Waals surface area contributed by atoms with E-state index in [4.69, 9.17) is 10.2 Å². The third kappa shape index (κ3) is 13.2. The number of carbonyl (C=O) groups is 2. The van der Waals surface area contributed by atoms with Gasteiger partial charge in [-0.15, -0.1) is 0 Å². The van der Waals surface area contributed by atoms with Gasteiger partial charge in [0.05, 0.1) is 12.3 Å². The average Bonchev–Trinajstić information content (AvgIpc) is 2.42. The summed E-state index contributed by atoms with van der Waals surface area (Å²) in [5.41, 5.74) is 0. The van der Waals surface area contributed by atoms with Crippen molar-refractivity contribution >= 4 is 11.9 Å². The average molecular weight is 296 g/mol. The lowest BCUT2D eigenvalue weighted by molar-refractivity contribution is -0.148. The van der Waals surface area contributed by atoms with Crippen molar-refractivity contribution in [1.82, 2.24) is 0 Å². The molecule has 0 radical (unpaired) electrons. The van der Waals surface area contributed by atoms with Crippen LogP contribution in [0.2, 0.25) is 0 Å². The van der Waals surface area contributed by atoms with Gasteiger partial charge in [-0.25, -0.2) is 0 Å². The van der Waals surface area contributed by atoms with Crippen LogP contribution in [0.3, 0.4) is 0 Å². The molecule has 0 saturated heterocycles. The van der Waals surface area contributed by atoms with Gasteiger partial charge in [-0.05, 0) is 38.5 Å². The van der Waals surface area contributed by atoms with Gasteiger partial charge < -0.3 is 10.2 Å². The smallest absolute Gasteiger partial charge is 0.307 e. The Morgan fingerprint density at radius 1 is 0.905 bits per heavy atom. The van der Waals surface area contributed by atoms with Gasteiger partial charge in [0, 0.05) is 0 Å². The number of carboxylic acid groups (broad SMARTS) is 2.